The predicted molar refractivity (Wildman–Crippen MR) is 117 cm³/mol. The fourth-order valence-corrected chi connectivity index (χ4v) is 5.91. The predicted octanol–water partition coefficient (Wildman–Crippen LogP) is 3.62. The molecule has 0 atom stereocenters. The van der Waals surface area contributed by atoms with Gasteiger partial charge in [0, 0.05) is 23.5 Å². The summed E-state index contributed by atoms with van der Waals surface area (Å²) in [5.41, 5.74) is 1.70. The largest absolute Gasteiger partial charge is 0.462 e. The third-order valence-corrected chi connectivity index (χ3v) is 8.23. The van der Waals surface area contributed by atoms with E-state index < -0.39 is 16.0 Å². The molecule has 1 saturated heterocycles. The first-order valence-corrected chi connectivity index (χ1v) is 12.2. The number of aryl methyl sites for hydroxylation is 1. The van der Waals surface area contributed by atoms with E-state index in [1.54, 1.807) is 6.92 Å². The molecule has 0 radical (unpaired) electrons. The zero-order chi connectivity index (χ0) is 21.9. The zero-order valence-corrected chi connectivity index (χ0v) is 19.0. The molecule has 1 aromatic carbocycles. The van der Waals surface area contributed by atoms with Gasteiger partial charge in [-0.1, -0.05) is 0 Å². The van der Waals surface area contributed by atoms with Gasteiger partial charge in [0.05, 0.1) is 23.6 Å². The Morgan fingerprint density at radius 1 is 1.13 bits per heavy atom. The molecule has 0 bridgehead atoms. The highest BCUT2D eigenvalue weighted by atomic mass is 32.2. The van der Waals surface area contributed by atoms with Crippen molar-refractivity contribution in [3.05, 3.63) is 45.8 Å². The van der Waals surface area contributed by atoms with Crippen LogP contribution in [0.2, 0.25) is 0 Å². The SMILES string of the molecule is CCOC(=O)c1c(NCC(=O)c2ccc(S(=O)(=O)N3CCCC3)cc2)sc(C)c1C. The summed E-state index contributed by atoms with van der Waals surface area (Å²) >= 11 is 1.40. The fraction of sp³-hybridized carbons (Fsp3) is 0.429. The van der Waals surface area contributed by atoms with Gasteiger partial charge in [-0.2, -0.15) is 4.31 Å². The number of carbonyl (C=O) groups excluding carboxylic acids is 2. The summed E-state index contributed by atoms with van der Waals surface area (Å²) in [6.07, 6.45) is 1.74. The van der Waals surface area contributed by atoms with Gasteiger partial charge >= 0.3 is 5.97 Å². The van der Waals surface area contributed by atoms with Crippen LogP contribution in [-0.4, -0.2) is 50.7 Å². The van der Waals surface area contributed by atoms with Crippen LogP contribution in [0.3, 0.4) is 0 Å². The van der Waals surface area contributed by atoms with Crippen LogP contribution in [0.25, 0.3) is 0 Å². The molecule has 1 aromatic heterocycles. The standard InChI is InChI=1S/C21H26N2O5S2/c1-4-28-21(25)19-14(2)15(3)29-20(19)22-13-18(24)16-7-9-17(10-8-16)30(26,27)23-11-5-6-12-23/h7-10,22H,4-6,11-13H2,1-3H3. The Hall–Kier alpha value is -2.23. The number of thiophene rings is 1. The lowest BCUT2D eigenvalue weighted by atomic mass is 10.1. The maximum atomic E-state index is 12.6. The van der Waals surface area contributed by atoms with Crippen LogP contribution >= 0.6 is 11.3 Å². The Labute approximate surface area is 181 Å². The van der Waals surface area contributed by atoms with E-state index in [0.717, 1.165) is 23.3 Å². The van der Waals surface area contributed by atoms with E-state index in [2.05, 4.69) is 5.32 Å². The molecule has 0 saturated carbocycles. The van der Waals surface area contributed by atoms with Crippen LogP contribution in [0, 0.1) is 13.8 Å². The van der Waals surface area contributed by atoms with Gasteiger partial charge < -0.3 is 10.1 Å². The van der Waals surface area contributed by atoms with Crippen LogP contribution in [0.5, 0.6) is 0 Å². The highest BCUT2D eigenvalue weighted by Crippen LogP contribution is 2.33. The third kappa shape index (κ3) is 4.58. The number of Topliss-reactive ketones (excluding diaryl/α,β-unsaturated/α-hetero) is 1. The van der Waals surface area contributed by atoms with Gasteiger partial charge in [-0.25, -0.2) is 13.2 Å². The van der Waals surface area contributed by atoms with Crippen molar-refractivity contribution < 1.29 is 22.7 Å². The molecule has 1 N–H and O–H groups in total. The molecule has 0 unspecified atom stereocenters. The topological polar surface area (TPSA) is 92.8 Å². The first kappa shape index (κ1) is 22.5. The number of nitrogens with one attached hydrogen (secondary N) is 1. The van der Waals surface area contributed by atoms with E-state index in [1.807, 2.05) is 13.8 Å². The van der Waals surface area contributed by atoms with E-state index in [1.165, 1.54) is 39.9 Å². The maximum absolute atomic E-state index is 12.6. The molecular weight excluding hydrogens is 424 g/mol. The molecule has 1 fully saturated rings. The van der Waals surface area contributed by atoms with E-state index in [9.17, 15) is 18.0 Å². The summed E-state index contributed by atoms with van der Waals surface area (Å²) in [6.45, 7) is 6.85. The molecule has 0 aliphatic carbocycles. The van der Waals surface area contributed by atoms with Crippen molar-refractivity contribution >= 4 is 38.1 Å². The van der Waals surface area contributed by atoms with E-state index in [4.69, 9.17) is 4.74 Å². The number of nitrogens with zero attached hydrogens (tertiary/aromatic N) is 1. The lowest BCUT2D eigenvalue weighted by Crippen LogP contribution is -2.27. The average Bonchev–Trinajstić information content (AvgIpc) is 3.36. The van der Waals surface area contributed by atoms with Crippen LogP contribution in [0.4, 0.5) is 5.00 Å². The number of sulfonamides is 1. The fourth-order valence-electron chi connectivity index (χ4n) is 3.35. The van der Waals surface area contributed by atoms with Crippen LogP contribution in [-0.2, 0) is 14.8 Å². The number of ketones is 1. The molecule has 2 heterocycles. The van der Waals surface area contributed by atoms with Crippen LogP contribution < -0.4 is 5.32 Å². The molecule has 2 aromatic rings. The van der Waals surface area contributed by atoms with Gasteiger partial charge in [-0.05, 0) is 63.4 Å². The van der Waals surface area contributed by atoms with Gasteiger partial charge in [0.1, 0.15) is 5.00 Å². The smallest absolute Gasteiger partial charge is 0.341 e. The van der Waals surface area contributed by atoms with Crippen LogP contribution in [0.15, 0.2) is 29.2 Å². The lowest BCUT2D eigenvalue weighted by Gasteiger charge is -2.15. The number of anilines is 1. The summed E-state index contributed by atoms with van der Waals surface area (Å²) in [6, 6.07) is 6.02. The first-order valence-electron chi connectivity index (χ1n) is 9.90. The molecule has 0 spiro atoms. The summed E-state index contributed by atoms with van der Waals surface area (Å²) in [4.78, 5) is 26.0. The molecule has 9 heteroatoms. The zero-order valence-electron chi connectivity index (χ0n) is 17.4. The highest BCUT2D eigenvalue weighted by molar-refractivity contribution is 7.89. The van der Waals surface area contributed by atoms with Crippen molar-refractivity contribution in [2.24, 2.45) is 0 Å². The van der Waals surface area contributed by atoms with E-state index >= 15 is 0 Å². The number of ether oxygens (including phenoxy) is 1. The van der Waals surface area contributed by atoms with Gasteiger partial charge in [-0.3, -0.25) is 4.79 Å². The number of esters is 1. The van der Waals surface area contributed by atoms with Crippen molar-refractivity contribution in [3.8, 4) is 0 Å². The highest BCUT2D eigenvalue weighted by Gasteiger charge is 2.27. The second-order valence-electron chi connectivity index (χ2n) is 7.12. The minimum atomic E-state index is -3.50. The van der Waals surface area contributed by atoms with Crippen molar-refractivity contribution in [1.82, 2.24) is 4.31 Å². The molecule has 0 amide bonds. The summed E-state index contributed by atoms with van der Waals surface area (Å²) in [7, 11) is -3.50. The minimum absolute atomic E-state index is 0.00990. The Morgan fingerprint density at radius 3 is 2.37 bits per heavy atom. The quantitative estimate of drug-likeness (QED) is 0.488. The van der Waals surface area contributed by atoms with Crippen LogP contribution in [0.1, 0.15) is 50.9 Å². The van der Waals surface area contributed by atoms with Crippen molar-refractivity contribution in [2.45, 2.75) is 38.5 Å². The molecule has 7 nitrogen and oxygen atoms in total. The number of benzene rings is 1. The lowest BCUT2D eigenvalue weighted by molar-refractivity contribution is 0.0527. The molecular formula is C21H26N2O5S2. The molecule has 1 aliphatic rings. The Kier molecular flexibility index (Phi) is 6.95. The molecule has 3 rings (SSSR count). The third-order valence-electron chi connectivity index (χ3n) is 5.15. The molecule has 1 aliphatic heterocycles. The van der Waals surface area contributed by atoms with E-state index in [-0.39, 0.29) is 23.8 Å². The Balaban J connectivity index is 1.70. The van der Waals surface area contributed by atoms with E-state index in [0.29, 0.717) is 29.2 Å². The second kappa shape index (κ2) is 9.28. The number of carbonyl (C=O) groups is 2. The average molecular weight is 451 g/mol. The van der Waals surface area contributed by atoms with Crippen molar-refractivity contribution in [3.63, 3.8) is 0 Å². The van der Waals surface area contributed by atoms with Gasteiger partial charge in [0.25, 0.3) is 0 Å². The molecule has 30 heavy (non-hydrogen) atoms. The Bertz CT molecular complexity index is 1040. The number of hydrogen-bond donors (Lipinski definition) is 1. The Morgan fingerprint density at radius 2 is 1.77 bits per heavy atom. The normalized spacial score (nSPS) is 14.6. The van der Waals surface area contributed by atoms with Crippen molar-refractivity contribution in [1.29, 1.82) is 0 Å². The monoisotopic (exact) mass is 450 g/mol. The molecule has 162 valence electrons. The van der Waals surface area contributed by atoms with Crippen molar-refractivity contribution in [2.75, 3.05) is 31.6 Å². The second-order valence-corrected chi connectivity index (χ2v) is 10.3. The van der Waals surface area contributed by atoms with Gasteiger partial charge in [0.2, 0.25) is 10.0 Å². The minimum Gasteiger partial charge on any atom is -0.462 e. The summed E-state index contributed by atoms with van der Waals surface area (Å²) in [5.74, 6) is -0.607. The number of hydrogen-bond acceptors (Lipinski definition) is 7. The van der Waals surface area contributed by atoms with Gasteiger partial charge in [-0.15, -0.1) is 11.3 Å². The summed E-state index contributed by atoms with van der Waals surface area (Å²) < 4.78 is 31.8. The first-order chi connectivity index (χ1) is 14.3. The van der Waals surface area contributed by atoms with Gasteiger partial charge in [0.15, 0.2) is 5.78 Å². The summed E-state index contributed by atoms with van der Waals surface area (Å²) in [5, 5.41) is 3.65. The number of rotatable bonds is 8. The maximum Gasteiger partial charge on any atom is 0.341 e.